The van der Waals surface area contributed by atoms with E-state index in [-0.39, 0.29) is 0 Å². The summed E-state index contributed by atoms with van der Waals surface area (Å²) in [5.41, 5.74) is 8.04. The van der Waals surface area contributed by atoms with Gasteiger partial charge in [-0.1, -0.05) is 28.1 Å². The second-order valence-electron chi connectivity index (χ2n) is 5.30. The molecule has 0 aliphatic carbocycles. The number of anilines is 1. The molecule has 2 heterocycles. The summed E-state index contributed by atoms with van der Waals surface area (Å²) in [4.78, 5) is 5.52. The lowest BCUT2D eigenvalue weighted by molar-refractivity contribution is 0.231. The quantitative estimate of drug-likeness (QED) is 0.838. The van der Waals surface area contributed by atoms with Gasteiger partial charge in [-0.25, -0.2) is 0 Å². The molecule has 2 N–H and O–H groups in total. The molecular formula is C14H18BrN3S. The van der Waals surface area contributed by atoms with Gasteiger partial charge in [-0.05, 0) is 37.6 Å². The molecule has 3 rings (SSSR count). The average molecular weight is 340 g/mol. The van der Waals surface area contributed by atoms with Crippen LogP contribution in [0.5, 0.6) is 0 Å². The van der Waals surface area contributed by atoms with Gasteiger partial charge in [0, 0.05) is 41.4 Å². The normalized spacial score (nSPS) is 23.4. The summed E-state index contributed by atoms with van der Waals surface area (Å²) < 4.78 is 1.03. The number of halogens is 1. The third kappa shape index (κ3) is 2.64. The Kier molecular flexibility index (Phi) is 3.78. The molecule has 0 radical (unpaired) electrons. The SMILES string of the molecule is NC(=S)c1cc(Br)ccc1N1CCN2CCCC2C1. The van der Waals surface area contributed by atoms with E-state index in [0.29, 0.717) is 11.0 Å². The number of rotatable bonds is 2. The predicted octanol–water partition coefficient (Wildman–Crippen LogP) is 2.37. The molecule has 0 saturated carbocycles. The lowest BCUT2D eigenvalue weighted by Gasteiger charge is -2.39. The Morgan fingerprint density at radius 3 is 2.95 bits per heavy atom. The minimum absolute atomic E-state index is 0.477. The van der Waals surface area contributed by atoms with Crippen LogP contribution in [0.25, 0.3) is 0 Å². The first kappa shape index (κ1) is 13.3. The molecule has 1 unspecified atom stereocenters. The maximum atomic E-state index is 5.87. The highest BCUT2D eigenvalue weighted by molar-refractivity contribution is 9.10. The van der Waals surface area contributed by atoms with E-state index in [9.17, 15) is 0 Å². The van der Waals surface area contributed by atoms with Crippen LogP contribution >= 0.6 is 28.1 Å². The summed E-state index contributed by atoms with van der Waals surface area (Å²) in [5, 5.41) is 0. The van der Waals surface area contributed by atoms with Crippen LogP contribution in [0.4, 0.5) is 5.69 Å². The van der Waals surface area contributed by atoms with Crippen LogP contribution in [-0.4, -0.2) is 42.1 Å². The zero-order valence-electron chi connectivity index (χ0n) is 10.8. The molecule has 0 bridgehead atoms. The first-order valence-corrected chi connectivity index (χ1v) is 7.93. The Morgan fingerprint density at radius 2 is 2.16 bits per heavy atom. The minimum atomic E-state index is 0.477. The largest absolute Gasteiger partial charge is 0.389 e. The van der Waals surface area contributed by atoms with E-state index in [1.54, 1.807) is 0 Å². The molecule has 2 aliphatic rings. The third-order valence-corrected chi connectivity index (χ3v) is 4.87. The molecule has 1 aromatic rings. The van der Waals surface area contributed by atoms with Gasteiger partial charge in [-0.15, -0.1) is 0 Å². The van der Waals surface area contributed by atoms with Crippen molar-refractivity contribution in [1.29, 1.82) is 0 Å². The van der Waals surface area contributed by atoms with Crippen molar-refractivity contribution in [3.63, 3.8) is 0 Å². The number of thiocarbonyl (C=S) groups is 1. The standard InChI is InChI=1S/C14H18BrN3S/c15-10-3-4-13(12(8-10)14(16)19)18-7-6-17-5-1-2-11(17)9-18/h3-4,8,11H,1-2,5-7,9H2,(H2,16,19). The Labute approximate surface area is 127 Å². The van der Waals surface area contributed by atoms with Gasteiger partial charge < -0.3 is 10.6 Å². The molecule has 5 heteroatoms. The van der Waals surface area contributed by atoms with Gasteiger partial charge in [-0.2, -0.15) is 0 Å². The van der Waals surface area contributed by atoms with E-state index in [4.69, 9.17) is 18.0 Å². The molecule has 2 saturated heterocycles. The molecule has 1 atom stereocenters. The van der Waals surface area contributed by atoms with Gasteiger partial charge in [-0.3, -0.25) is 4.90 Å². The number of benzene rings is 1. The minimum Gasteiger partial charge on any atom is -0.389 e. The van der Waals surface area contributed by atoms with Crippen LogP contribution in [0.3, 0.4) is 0 Å². The van der Waals surface area contributed by atoms with Crippen molar-refractivity contribution in [1.82, 2.24) is 4.90 Å². The van der Waals surface area contributed by atoms with E-state index < -0.39 is 0 Å². The molecule has 0 aromatic heterocycles. The van der Waals surface area contributed by atoms with Crippen LogP contribution in [0.1, 0.15) is 18.4 Å². The van der Waals surface area contributed by atoms with Crippen molar-refractivity contribution >= 4 is 38.8 Å². The monoisotopic (exact) mass is 339 g/mol. The van der Waals surface area contributed by atoms with Crippen LogP contribution in [0.15, 0.2) is 22.7 Å². The second-order valence-corrected chi connectivity index (χ2v) is 6.66. The first-order valence-electron chi connectivity index (χ1n) is 6.73. The lowest BCUT2D eigenvalue weighted by atomic mass is 10.1. The zero-order chi connectivity index (χ0) is 13.4. The number of hydrogen-bond acceptors (Lipinski definition) is 3. The molecule has 3 nitrogen and oxygen atoms in total. The number of piperazine rings is 1. The fourth-order valence-corrected chi connectivity index (χ4v) is 3.72. The van der Waals surface area contributed by atoms with Crippen molar-refractivity contribution in [3.8, 4) is 0 Å². The van der Waals surface area contributed by atoms with E-state index in [1.165, 1.54) is 25.1 Å². The topological polar surface area (TPSA) is 32.5 Å². The van der Waals surface area contributed by atoms with Crippen LogP contribution in [0, 0.1) is 0 Å². The van der Waals surface area contributed by atoms with Crippen molar-refractivity contribution in [2.75, 3.05) is 31.1 Å². The maximum Gasteiger partial charge on any atom is 0.106 e. The van der Waals surface area contributed by atoms with E-state index in [0.717, 1.165) is 29.7 Å². The summed E-state index contributed by atoms with van der Waals surface area (Å²) >= 11 is 8.68. The summed E-state index contributed by atoms with van der Waals surface area (Å²) in [6.07, 6.45) is 2.65. The van der Waals surface area contributed by atoms with Crippen molar-refractivity contribution < 1.29 is 0 Å². The fraction of sp³-hybridized carbons (Fsp3) is 0.500. The van der Waals surface area contributed by atoms with Gasteiger partial charge >= 0.3 is 0 Å². The second kappa shape index (κ2) is 5.38. The smallest absolute Gasteiger partial charge is 0.106 e. The number of fused-ring (bicyclic) bond motifs is 1. The van der Waals surface area contributed by atoms with E-state index >= 15 is 0 Å². The van der Waals surface area contributed by atoms with Crippen LogP contribution in [-0.2, 0) is 0 Å². The maximum absolute atomic E-state index is 5.87. The van der Waals surface area contributed by atoms with Gasteiger partial charge in [0.1, 0.15) is 4.99 Å². The van der Waals surface area contributed by atoms with Crippen molar-refractivity contribution in [3.05, 3.63) is 28.2 Å². The Balaban J connectivity index is 1.87. The number of nitrogens with two attached hydrogens (primary N) is 1. The number of hydrogen-bond donors (Lipinski definition) is 1. The predicted molar refractivity (Wildman–Crippen MR) is 86.8 cm³/mol. The Hall–Kier alpha value is -0.650. The van der Waals surface area contributed by atoms with E-state index in [2.05, 4.69) is 37.9 Å². The number of nitrogens with zero attached hydrogens (tertiary/aromatic N) is 2. The fourth-order valence-electron chi connectivity index (χ4n) is 3.19. The molecule has 19 heavy (non-hydrogen) atoms. The molecular weight excluding hydrogens is 322 g/mol. The third-order valence-electron chi connectivity index (χ3n) is 4.15. The summed E-state index contributed by atoms with van der Waals surface area (Å²) in [7, 11) is 0. The van der Waals surface area contributed by atoms with Crippen LogP contribution in [0.2, 0.25) is 0 Å². The highest BCUT2D eigenvalue weighted by Gasteiger charge is 2.31. The van der Waals surface area contributed by atoms with E-state index in [1.807, 2.05) is 6.07 Å². The molecule has 2 aliphatic heterocycles. The molecule has 0 spiro atoms. The average Bonchev–Trinajstić information content (AvgIpc) is 2.85. The lowest BCUT2D eigenvalue weighted by Crippen LogP contribution is -2.50. The summed E-state index contributed by atoms with van der Waals surface area (Å²) in [6.45, 7) is 4.57. The van der Waals surface area contributed by atoms with Gasteiger partial charge in [0.05, 0.1) is 0 Å². The Bertz CT molecular complexity index is 505. The van der Waals surface area contributed by atoms with Crippen molar-refractivity contribution in [2.24, 2.45) is 5.73 Å². The van der Waals surface area contributed by atoms with Gasteiger partial charge in [0.15, 0.2) is 0 Å². The molecule has 1 aromatic carbocycles. The first-order chi connectivity index (χ1) is 9.15. The highest BCUT2D eigenvalue weighted by atomic mass is 79.9. The summed E-state index contributed by atoms with van der Waals surface area (Å²) in [5.74, 6) is 0. The Morgan fingerprint density at radius 1 is 1.32 bits per heavy atom. The molecule has 0 amide bonds. The zero-order valence-corrected chi connectivity index (χ0v) is 13.2. The molecule has 102 valence electrons. The summed E-state index contributed by atoms with van der Waals surface area (Å²) in [6, 6.07) is 6.93. The highest BCUT2D eigenvalue weighted by Crippen LogP contribution is 2.29. The van der Waals surface area contributed by atoms with Gasteiger partial charge in [0.25, 0.3) is 0 Å². The van der Waals surface area contributed by atoms with Crippen molar-refractivity contribution in [2.45, 2.75) is 18.9 Å². The van der Waals surface area contributed by atoms with Gasteiger partial charge in [0.2, 0.25) is 0 Å². The molecule has 2 fully saturated rings. The van der Waals surface area contributed by atoms with Crippen LogP contribution < -0.4 is 10.6 Å².